The fraction of sp³-hybridized carbons (Fsp3) is 0.250. The van der Waals surface area contributed by atoms with Crippen molar-refractivity contribution in [3.05, 3.63) is 24.0 Å². The first kappa shape index (κ1) is 16.9. The van der Waals surface area contributed by atoms with Crippen LogP contribution in [-0.4, -0.2) is 53.4 Å². The Kier molecular flexibility index (Phi) is 5.37. The highest BCUT2D eigenvalue weighted by atomic mass is 19.4. The lowest BCUT2D eigenvalue weighted by atomic mass is 10.3. The van der Waals surface area contributed by atoms with Crippen LogP contribution in [0.4, 0.5) is 13.2 Å². The molecule has 14 heteroatoms. The van der Waals surface area contributed by atoms with Crippen LogP contribution in [0.2, 0.25) is 0 Å². The molecule has 0 fully saturated rings. The van der Waals surface area contributed by atoms with Gasteiger partial charge in [0.2, 0.25) is 0 Å². The van der Waals surface area contributed by atoms with Crippen molar-refractivity contribution in [2.24, 2.45) is 10.9 Å². The molecule has 22 heavy (non-hydrogen) atoms. The molecule has 2 rings (SSSR count). The fourth-order valence-corrected chi connectivity index (χ4v) is 1.03. The minimum atomic E-state index is -5.08. The lowest BCUT2D eigenvalue weighted by Gasteiger charge is -1.97. The Hall–Kier alpha value is -3.19. The van der Waals surface area contributed by atoms with Crippen LogP contribution in [-0.2, 0) is 11.3 Å². The predicted octanol–water partition coefficient (Wildman–Crippen LogP) is -0.563. The average molecular weight is 323 g/mol. The summed E-state index contributed by atoms with van der Waals surface area (Å²) >= 11 is 0. The molecule has 120 valence electrons. The van der Waals surface area contributed by atoms with Gasteiger partial charge in [-0.1, -0.05) is 10.3 Å². The van der Waals surface area contributed by atoms with Crippen molar-refractivity contribution in [2.75, 3.05) is 0 Å². The van der Waals surface area contributed by atoms with Gasteiger partial charge >= 0.3 is 12.1 Å². The number of hydrogen-bond donors (Lipinski definition) is 3. The number of rotatable bonds is 3. The number of carboxylic acid groups (broad SMARTS) is 1. The number of halogens is 3. The minimum Gasteiger partial charge on any atom is -0.475 e. The van der Waals surface area contributed by atoms with Crippen LogP contribution in [0.15, 0.2) is 22.4 Å². The van der Waals surface area contributed by atoms with Crippen molar-refractivity contribution < 1.29 is 32.9 Å². The van der Waals surface area contributed by atoms with E-state index in [1.807, 2.05) is 0 Å². The number of alkyl halides is 3. The Balaban J connectivity index is 0.000000295. The molecule has 4 N–H and O–H groups in total. The van der Waals surface area contributed by atoms with Crippen LogP contribution in [0, 0.1) is 0 Å². The topological polar surface area (TPSA) is 166 Å². The third-order valence-corrected chi connectivity index (χ3v) is 1.95. The smallest absolute Gasteiger partial charge is 0.475 e. The fourth-order valence-electron chi connectivity index (χ4n) is 1.03. The van der Waals surface area contributed by atoms with Gasteiger partial charge in [0.1, 0.15) is 18.3 Å². The first-order valence-electron chi connectivity index (χ1n) is 5.17. The Labute approximate surface area is 118 Å². The van der Waals surface area contributed by atoms with Crippen molar-refractivity contribution in [1.82, 2.24) is 25.1 Å². The van der Waals surface area contributed by atoms with Gasteiger partial charge in [0, 0.05) is 0 Å². The number of nitrogens with two attached hydrogens (primary N) is 1. The van der Waals surface area contributed by atoms with Crippen molar-refractivity contribution in [3.8, 4) is 0 Å². The first-order chi connectivity index (χ1) is 10.3. The summed E-state index contributed by atoms with van der Waals surface area (Å²) in [5.41, 5.74) is 6.00. The summed E-state index contributed by atoms with van der Waals surface area (Å²) in [5, 5.41) is 32.8. The highest BCUT2D eigenvalue weighted by Crippen LogP contribution is 2.13. The van der Waals surface area contributed by atoms with Gasteiger partial charge in [0.25, 0.3) is 0 Å². The highest BCUT2D eigenvalue weighted by Gasteiger charge is 2.38. The molecular weight excluding hydrogens is 315 g/mol. The van der Waals surface area contributed by atoms with Crippen molar-refractivity contribution >= 4 is 11.8 Å². The van der Waals surface area contributed by atoms with E-state index in [1.54, 1.807) is 4.57 Å². The van der Waals surface area contributed by atoms with Gasteiger partial charge in [-0.25, -0.2) is 9.42 Å². The van der Waals surface area contributed by atoms with Crippen molar-refractivity contribution in [3.63, 3.8) is 0 Å². The van der Waals surface area contributed by atoms with Gasteiger partial charge in [0.05, 0.1) is 6.54 Å². The van der Waals surface area contributed by atoms with Crippen LogP contribution in [0.25, 0.3) is 0 Å². The molecule has 0 amide bonds. The van der Waals surface area contributed by atoms with Gasteiger partial charge < -0.3 is 20.6 Å². The van der Waals surface area contributed by atoms with E-state index in [-0.39, 0.29) is 11.5 Å². The summed E-state index contributed by atoms with van der Waals surface area (Å²) in [6.45, 7) is 0.335. The average Bonchev–Trinajstić information content (AvgIpc) is 3.09. The standard InChI is InChI=1S/C6H7N7O2.C2HF3O2/c7-6(10-14)5-4(11-15-12-5)1-13-2-8-9-3-13;3-2(4,5)1(6)7/h2-3,14H,1H2,(H2,7,10);(H,6,7). The maximum Gasteiger partial charge on any atom is 0.490 e. The molecule has 0 aromatic carbocycles. The molecule has 0 bridgehead atoms. The van der Waals surface area contributed by atoms with E-state index < -0.39 is 12.1 Å². The van der Waals surface area contributed by atoms with Gasteiger partial charge in [-0.05, 0) is 5.16 Å². The molecule has 0 unspecified atom stereocenters. The Bertz CT molecular complexity index is 636. The van der Waals surface area contributed by atoms with Crippen LogP contribution in [0.5, 0.6) is 0 Å². The second kappa shape index (κ2) is 7.00. The maximum atomic E-state index is 10.6. The highest BCUT2D eigenvalue weighted by molar-refractivity contribution is 5.95. The zero-order chi connectivity index (χ0) is 16.8. The van der Waals surface area contributed by atoms with Crippen LogP contribution in [0.1, 0.15) is 11.4 Å². The SMILES string of the molecule is NC(=NO)c1nonc1Cn1cnnc1.O=C(O)C(F)(F)F. The summed E-state index contributed by atoms with van der Waals surface area (Å²) in [6.07, 6.45) is -2.07. The van der Waals surface area contributed by atoms with Crippen molar-refractivity contribution in [1.29, 1.82) is 0 Å². The molecule has 2 aromatic heterocycles. The number of carboxylic acids is 1. The van der Waals surface area contributed by atoms with E-state index in [0.29, 0.717) is 12.2 Å². The first-order valence-corrected chi connectivity index (χ1v) is 5.17. The van der Waals surface area contributed by atoms with Gasteiger partial charge in [-0.2, -0.15) is 13.2 Å². The Morgan fingerprint density at radius 1 is 1.36 bits per heavy atom. The third kappa shape index (κ3) is 4.73. The quantitative estimate of drug-likeness (QED) is 0.290. The van der Waals surface area contributed by atoms with E-state index in [4.69, 9.17) is 20.8 Å². The summed E-state index contributed by atoms with van der Waals surface area (Å²) in [7, 11) is 0. The molecule has 2 heterocycles. The van der Waals surface area contributed by atoms with Gasteiger partial charge in [0.15, 0.2) is 11.5 Å². The largest absolute Gasteiger partial charge is 0.490 e. The lowest BCUT2D eigenvalue weighted by Crippen LogP contribution is -2.21. The zero-order valence-corrected chi connectivity index (χ0v) is 10.5. The summed E-state index contributed by atoms with van der Waals surface area (Å²) in [4.78, 5) is 8.90. The van der Waals surface area contributed by atoms with E-state index >= 15 is 0 Å². The molecule has 0 aliphatic carbocycles. The van der Waals surface area contributed by atoms with Gasteiger partial charge in [-0.15, -0.1) is 10.2 Å². The van der Waals surface area contributed by atoms with Crippen LogP contribution < -0.4 is 5.73 Å². The molecule has 0 saturated heterocycles. The number of carbonyl (C=O) groups is 1. The molecule has 0 spiro atoms. The second-order valence-electron chi connectivity index (χ2n) is 3.48. The summed E-state index contributed by atoms with van der Waals surface area (Å²) < 4.78 is 37.9. The van der Waals surface area contributed by atoms with E-state index in [2.05, 4.69) is 30.3 Å². The summed E-state index contributed by atoms with van der Waals surface area (Å²) in [6, 6.07) is 0. The number of amidine groups is 1. The maximum absolute atomic E-state index is 10.6. The normalized spacial score (nSPS) is 11.7. The molecule has 11 nitrogen and oxygen atoms in total. The molecule has 0 aliphatic rings. The van der Waals surface area contributed by atoms with Crippen LogP contribution >= 0.6 is 0 Å². The Morgan fingerprint density at radius 2 is 1.91 bits per heavy atom. The number of aromatic nitrogens is 5. The monoisotopic (exact) mass is 323 g/mol. The number of oxime groups is 1. The molecule has 0 atom stereocenters. The van der Waals surface area contributed by atoms with E-state index in [0.717, 1.165) is 0 Å². The third-order valence-electron chi connectivity index (χ3n) is 1.95. The van der Waals surface area contributed by atoms with E-state index in [1.165, 1.54) is 12.7 Å². The number of nitrogens with zero attached hydrogens (tertiary/aromatic N) is 6. The van der Waals surface area contributed by atoms with Crippen LogP contribution in [0.3, 0.4) is 0 Å². The van der Waals surface area contributed by atoms with Crippen molar-refractivity contribution in [2.45, 2.75) is 12.7 Å². The molecule has 2 aromatic rings. The molecular formula is C8H8F3N7O4. The number of hydrogen-bond acceptors (Lipinski definition) is 8. The molecule has 0 saturated carbocycles. The lowest BCUT2D eigenvalue weighted by molar-refractivity contribution is -0.192. The molecule has 0 aliphatic heterocycles. The van der Waals surface area contributed by atoms with E-state index in [9.17, 15) is 13.2 Å². The summed E-state index contributed by atoms with van der Waals surface area (Å²) in [5.74, 6) is -2.91. The Morgan fingerprint density at radius 3 is 2.36 bits per heavy atom. The molecule has 0 radical (unpaired) electrons. The second-order valence-corrected chi connectivity index (χ2v) is 3.48. The zero-order valence-electron chi connectivity index (χ0n) is 10.5. The number of aliphatic carboxylic acids is 1. The van der Waals surface area contributed by atoms with Gasteiger partial charge in [-0.3, -0.25) is 0 Å². The minimum absolute atomic E-state index is 0.153. The predicted molar refractivity (Wildman–Crippen MR) is 59.6 cm³/mol.